The van der Waals surface area contributed by atoms with Crippen molar-refractivity contribution in [3.05, 3.63) is 131 Å². The molecule has 0 saturated carbocycles. The van der Waals surface area contributed by atoms with Gasteiger partial charge >= 0.3 is 6.03 Å². The molecule has 0 atom stereocenters. The number of benzene rings is 3. The van der Waals surface area contributed by atoms with Crippen molar-refractivity contribution in [2.75, 3.05) is 10.6 Å². The lowest BCUT2D eigenvalue weighted by Gasteiger charge is -2.14. The average Bonchev–Trinajstić information content (AvgIpc) is 3.42. The fraction of sp³-hybridized carbons (Fsp3) is 0.143. The number of carbonyl (C=O) groups excluding carboxylic acids is 1. The van der Waals surface area contributed by atoms with E-state index in [0.29, 0.717) is 11.5 Å². The van der Waals surface area contributed by atoms with Crippen molar-refractivity contribution < 1.29 is 4.79 Å². The fourth-order valence-corrected chi connectivity index (χ4v) is 5.01. The highest BCUT2D eigenvalue weighted by molar-refractivity contribution is 6.09. The van der Waals surface area contributed by atoms with Crippen molar-refractivity contribution in [1.82, 2.24) is 19.3 Å². The van der Waals surface area contributed by atoms with Gasteiger partial charge in [-0.25, -0.2) is 9.48 Å². The number of nitrogens with one attached hydrogen (secondary N) is 2. The lowest BCUT2D eigenvalue weighted by molar-refractivity contribution is 0.262. The Morgan fingerprint density at radius 2 is 1.51 bits per heavy atom. The van der Waals surface area contributed by atoms with Crippen LogP contribution in [0.3, 0.4) is 0 Å². The van der Waals surface area contributed by atoms with E-state index in [1.807, 2.05) is 79.7 Å². The van der Waals surface area contributed by atoms with Gasteiger partial charge in [0.15, 0.2) is 0 Å². The molecule has 0 spiro atoms. The number of anilines is 2. The van der Waals surface area contributed by atoms with E-state index in [0.717, 1.165) is 44.5 Å². The van der Waals surface area contributed by atoms with E-state index in [1.54, 1.807) is 46.0 Å². The third-order valence-electron chi connectivity index (χ3n) is 7.34. The van der Waals surface area contributed by atoms with Crippen LogP contribution in [0.2, 0.25) is 0 Å². The Bertz CT molecular complexity index is 2000. The van der Waals surface area contributed by atoms with Crippen molar-refractivity contribution >= 4 is 28.3 Å². The molecule has 0 bridgehead atoms. The summed E-state index contributed by atoms with van der Waals surface area (Å²) in [5.41, 5.74) is 5.61. The Morgan fingerprint density at radius 1 is 0.791 bits per heavy atom. The van der Waals surface area contributed by atoms with Crippen LogP contribution < -0.4 is 16.2 Å². The van der Waals surface area contributed by atoms with Crippen LogP contribution in [0.25, 0.3) is 33.3 Å². The highest BCUT2D eigenvalue weighted by Gasteiger charge is 2.22. The first-order valence-corrected chi connectivity index (χ1v) is 14.1. The van der Waals surface area contributed by atoms with Crippen molar-refractivity contribution in [1.29, 1.82) is 0 Å². The number of rotatable bonds is 5. The summed E-state index contributed by atoms with van der Waals surface area (Å²) in [6, 6.07) is 28.3. The molecule has 0 unspecified atom stereocenters. The zero-order chi connectivity index (χ0) is 30.1. The summed E-state index contributed by atoms with van der Waals surface area (Å²) in [7, 11) is 0. The highest BCUT2D eigenvalue weighted by atomic mass is 16.2. The Morgan fingerprint density at radius 3 is 2.21 bits per heavy atom. The third-order valence-corrected chi connectivity index (χ3v) is 7.34. The molecule has 0 aliphatic carbocycles. The first-order valence-electron chi connectivity index (χ1n) is 14.1. The van der Waals surface area contributed by atoms with Gasteiger partial charge < -0.3 is 5.32 Å². The van der Waals surface area contributed by atoms with E-state index in [1.165, 1.54) is 0 Å². The standard InChI is InChI=1S/C35H32N6O2/c1-23-9-11-26(12-10-23)41-32(22-31(39-41)35(2,3)4)38-34(43)37-30-14-13-27(28-7-5-6-8-29(28)30)24-17-20-40(33(42)21-24)25-15-18-36-19-16-25/h5-22H,1-4H3,(H2,37,38,43). The van der Waals surface area contributed by atoms with Crippen LogP contribution in [0.4, 0.5) is 16.3 Å². The van der Waals surface area contributed by atoms with Gasteiger partial charge in [-0.05, 0) is 59.8 Å². The van der Waals surface area contributed by atoms with E-state index in [-0.39, 0.29) is 17.0 Å². The zero-order valence-electron chi connectivity index (χ0n) is 24.5. The summed E-state index contributed by atoms with van der Waals surface area (Å²) >= 11 is 0. The summed E-state index contributed by atoms with van der Waals surface area (Å²) in [5.74, 6) is 0.571. The molecule has 0 fully saturated rings. The Balaban J connectivity index is 1.31. The van der Waals surface area contributed by atoms with E-state index in [9.17, 15) is 9.59 Å². The van der Waals surface area contributed by atoms with Gasteiger partial charge in [0.25, 0.3) is 5.56 Å². The predicted molar refractivity (Wildman–Crippen MR) is 172 cm³/mol. The molecule has 2 N–H and O–H groups in total. The van der Waals surface area contributed by atoms with E-state index in [4.69, 9.17) is 5.10 Å². The molecule has 8 nitrogen and oxygen atoms in total. The number of hydrogen-bond acceptors (Lipinski definition) is 4. The molecular formula is C35H32N6O2. The Labute approximate surface area is 249 Å². The molecule has 0 radical (unpaired) electrons. The van der Waals surface area contributed by atoms with Crippen molar-refractivity contribution in [3.63, 3.8) is 0 Å². The number of fused-ring (bicyclic) bond motifs is 1. The minimum absolute atomic E-state index is 0.144. The number of hydrogen-bond donors (Lipinski definition) is 2. The maximum atomic E-state index is 13.4. The van der Waals surface area contributed by atoms with Crippen LogP contribution in [0, 0.1) is 6.92 Å². The van der Waals surface area contributed by atoms with Gasteiger partial charge in [0.1, 0.15) is 5.82 Å². The van der Waals surface area contributed by atoms with Crippen LogP contribution in [0.5, 0.6) is 0 Å². The molecule has 6 aromatic rings. The SMILES string of the molecule is Cc1ccc(-n2nc(C(C)(C)C)cc2NC(=O)Nc2ccc(-c3ccn(-c4ccncc4)c(=O)c3)c3ccccc23)cc1. The molecule has 0 aliphatic heterocycles. The second-order valence-electron chi connectivity index (χ2n) is 11.5. The first kappa shape index (κ1) is 27.7. The summed E-state index contributed by atoms with van der Waals surface area (Å²) in [6.07, 6.45) is 5.08. The van der Waals surface area contributed by atoms with Crippen LogP contribution >= 0.6 is 0 Å². The Hall–Kier alpha value is -5.50. The second kappa shape index (κ2) is 11.1. The van der Waals surface area contributed by atoms with Crippen LogP contribution in [-0.4, -0.2) is 25.4 Å². The van der Waals surface area contributed by atoms with Crippen molar-refractivity contribution in [3.8, 4) is 22.5 Å². The number of carbonyl (C=O) groups is 1. The number of urea groups is 1. The van der Waals surface area contributed by atoms with Crippen LogP contribution in [-0.2, 0) is 5.41 Å². The van der Waals surface area contributed by atoms with E-state index in [2.05, 4.69) is 36.4 Å². The number of nitrogens with zero attached hydrogens (tertiary/aromatic N) is 4. The summed E-state index contributed by atoms with van der Waals surface area (Å²) in [4.78, 5) is 30.4. The zero-order valence-corrected chi connectivity index (χ0v) is 24.5. The maximum absolute atomic E-state index is 13.4. The molecule has 0 saturated heterocycles. The Kier molecular flexibility index (Phi) is 7.11. The topological polar surface area (TPSA) is 93.8 Å². The molecule has 8 heteroatoms. The van der Waals surface area contributed by atoms with Gasteiger partial charge in [0, 0.05) is 41.5 Å². The molecular weight excluding hydrogens is 536 g/mol. The third kappa shape index (κ3) is 5.67. The minimum Gasteiger partial charge on any atom is -0.307 e. The molecule has 3 aromatic heterocycles. The van der Waals surface area contributed by atoms with Gasteiger partial charge in [-0.2, -0.15) is 5.10 Å². The molecule has 2 amide bonds. The summed E-state index contributed by atoms with van der Waals surface area (Å²) in [6.45, 7) is 8.31. The van der Waals surface area contributed by atoms with Crippen molar-refractivity contribution in [2.24, 2.45) is 0 Å². The largest absolute Gasteiger partial charge is 0.324 e. The lowest BCUT2D eigenvalue weighted by Crippen LogP contribution is -2.21. The number of aromatic nitrogens is 4. The van der Waals surface area contributed by atoms with Crippen LogP contribution in [0.15, 0.2) is 114 Å². The highest BCUT2D eigenvalue weighted by Crippen LogP contribution is 2.33. The molecule has 214 valence electrons. The van der Waals surface area contributed by atoms with Crippen LogP contribution in [0.1, 0.15) is 32.0 Å². The van der Waals surface area contributed by atoms with E-state index >= 15 is 0 Å². The van der Waals surface area contributed by atoms with Gasteiger partial charge in [-0.15, -0.1) is 0 Å². The van der Waals surface area contributed by atoms with Gasteiger partial charge in [0.05, 0.1) is 22.8 Å². The molecule has 43 heavy (non-hydrogen) atoms. The van der Waals surface area contributed by atoms with Gasteiger partial charge in [-0.1, -0.05) is 68.8 Å². The fourth-order valence-electron chi connectivity index (χ4n) is 5.01. The van der Waals surface area contributed by atoms with Crippen molar-refractivity contribution in [2.45, 2.75) is 33.1 Å². The number of amides is 2. The summed E-state index contributed by atoms with van der Waals surface area (Å²) < 4.78 is 3.34. The van der Waals surface area contributed by atoms with Gasteiger partial charge in [0.2, 0.25) is 0 Å². The maximum Gasteiger partial charge on any atom is 0.324 e. The summed E-state index contributed by atoms with van der Waals surface area (Å²) in [5, 5.41) is 12.6. The van der Waals surface area contributed by atoms with E-state index < -0.39 is 0 Å². The van der Waals surface area contributed by atoms with Gasteiger partial charge in [-0.3, -0.25) is 19.7 Å². The average molecular weight is 569 g/mol. The predicted octanol–water partition coefficient (Wildman–Crippen LogP) is 7.49. The lowest BCUT2D eigenvalue weighted by atomic mass is 9.92. The molecule has 0 aliphatic rings. The normalized spacial score (nSPS) is 11.4. The second-order valence-corrected chi connectivity index (χ2v) is 11.5. The minimum atomic E-state index is -0.383. The molecule has 6 rings (SSSR count). The first-order chi connectivity index (χ1) is 20.7. The number of pyridine rings is 2. The number of aryl methyl sites for hydroxylation is 1. The molecule has 3 heterocycles. The quantitative estimate of drug-likeness (QED) is 0.225. The monoisotopic (exact) mass is 568 g/mol. The smallest absolute Gasteiger partial charge is 0.307 e. The molecule has 3 aromatic carbocycles.